The van der Waals surface area contributed by atoms with E-state index in [4.69, 9.17) is 21.1 Å². The lowest BCUT2D eigenvalue weighted by Crippen LogP contribution is -2.48. The van der Waals surface area contributed by atoms with Crippen LogP contribution in [0.3, 0.4) is 0 Å². The number of hydrogen-bond donors (Lipinski definition) is 0. The highest BCUT2D eigenvalue weighted by Gasteiger charge is 2.23. The molecule has 1 aromatic heterocycles. The highest BCUT2D eigenvalue weighted by atomic mass is 35.5. The van der Waals surface area contributed by atoms with Gasteiger partial charge in [-0.3, -0.25) is 4.79 Å². The molecule has 158 valence electrons. The van der Waals surface area contributed by atoms with E-state index >= 15 is 0 Å². The number of halogens is 1. The monoisotopic (exact) mass is 427 g/mol. The van der Waals surface area contributed by atoms with Crippen molar-refractivity contribution in [2.75, 3.05) is 37.7 Å². The zero-order valence-corrected chi connectivity index (χ0v) is 18.1. The minimum absolute atomic E-state index is 0.00375. The van der Waals surface area contributed by atoms with Gasteiger partial charge in [-0.15, -0.1) is 0 Å². The average Bonchev–Trinajstić information content (AvgIpc) is 3.11. The van der Waals surface area contributed by atoms with Crippen LogP contribution in [0.1, 0.15) is 25.0 Å². The van der Waals surface area contributed by atoms with E-state index in [1.807, 2.05) is 42.2 Å². The molecule has 0 N–H and O–H groups in total. The fraction of sp³-hybridized carbons (Fsp3) is 0.391. The first-order valence-corrected chi connectivity index (χ1v) is 10.7. The van der Waals surface area contributed by atoms with Gasteiger partial charge in [0.2, 0.25) is 5.91 Å². The molecule has 1 unspecified atom stereocenters. The maximum absolute atomic E-state index is 12.7. The first-order valence-electron chi connectivity index (χ1n) is 10.3. The van der Waals surface area contributed by atoms with Crippen molar-refractivity contribution in [1.29, 1.82) is 0 Å². The Labute approximate surface area is 182 Å². The van der Waals surface area contributed by atoms with E-state index in [-0.39, 0.29) is 12.0 Å². The van der Waals surface area contributed by atoms with Crippen LogP contribution in [0, 0.1) is 0 Å². The first-order chi connectivity index (χ1) is 14.5. The second-order valence-corrected chi connectivity index (χ2v) is 7.98. The van der Waals surface area contributed by atoms with Crippen molar-refractivity contribution in [1.82, 2.24) is 9.88 Å². The zero-order valence-electron chi connectivity index (χ0n) is 17.3. The van der Waals surface area contributed by atoms with Crippen molar-refractivity contribution in [3.63, 3.8) is 0 Å². The van der Waals surface area contributed by atoms with Gasteiger partial charge < -0.3 is 19.3 Å². The van der Waals surface area contributed by atoms with E-state index in [9.17, 15) is 4.79 Å². The van der Waals surface area contributed by atoms with E-state index in [0.29, 0.717) is 24.7 Å². The lowest BCUT2D eigenvalue weighted by atomic mass is 10.1. The summed E-state index contributed by atoms with van der Waals surface area (Å²) in [7, 11) is 0. The zero-order chi connectivity index (χ0) is 21.1. The molecule has 1 atom stereocenters. The molecule has 2 aliphatic rings. The minimum atomic E-state index is -0.00375. The molecule has 0 radical (unpaired) electrons. The highest BCUT2D eigenvalue weighted by molar-refractivity contribution is 6.30. The number of anilines is 1. The summed E-state index contributed by atoms with van der Waals surface area (Å²) < 4.78 is 11.7. The Balaban J connectivity index is 1.41. The Morgan fingerprint density at radius 3 is 2.80 bits per heavy atom. The third kappa shape index (κ3) is 4.54. The number of piperazine rings is 1. The van der Waals surface area contributed by atoms with Gasteiger partial charge >= 0.3 is 0 Å². The normalized spacial score (nSPS) is 18.4. The van der Waals surface area contributed by atoms with E-state index in [1.54, 1.807) is 12.3 Å². The molecule has 1 fully saturated rings. The fourth-order valence-corrected chi connectivity index (χ4v) is 3.96. The summed E-state index contributed by atoms with van der Waals surface area (Å²) in [4.78, 5) is 21.1. The number of amides is 1. The summed E-state index contributed by atoms with van der Waals surface area (Å²) in [6.07, 6.45) is 6.15. The maximum atomic E-state index is 12.7. The number of nitrogens with zero attached hydrogens (tertiary/aromatic N) is 3. The smallest absolute Gasteiger partial charge is 0.246 e. The van der Waals surface area contributed by atoms with Crippen LogP contribution < -0.4 is 14.4 Å². The quantitative estimate of drug-likeness (QED) is 0.679. The van der Waals surface area contributed by atoms with Crippen LogP contribution in [0.5, 0.6) is 11.5 Å². The van der Waals surface area contributed by atoms with Crippen molar-refractivity contribution in [3.05, 3.63) is 52.7 Å². The maximum Gasteiger partial charge on any atom is 0.246 e. The molecule has 3 heterocycles. The summed E-state index contributed by atoms with van der Waals surface area (Å²) in [5, 5.41) is 0.621. The Morgan fingerprint density at radius 2 is 2.10 bits per heavy atom. The van der Waals surface area contributed by atoms with Crippen molar-refractivity contribution < 1.29 is 14.3 Å². The van der Waals surface area contributed by atoms with Crippen molar-refractivity contribution in [2.45, 2.75) is 26.4 Å². The number of fused-ring (bicyclic) bond motifs is 1. The SMILES string of the molecule is CCOc1cc2c(cc1/C=C/C(=O)N1CCN(c3ccc(Cl)cn3)CC1)OC(C)C2. The summed E-state index contributed by atoms with van der Waals surface area (Å²) in [5.74, 6) is 2.55. The summed E-state index contributed by atoms with van der Waals surface area (Å²) >= 11 is 5.91. The van der Waals surface area contributed by atoms with Crippen LogP contribution in [0.15, 0.2) is 36.5 Å². The van der Waals surface area contributed by atoms with Gasteiger partial charge in [-0.2, -0.15) is 0 Å². The third-order valence-electron chi connectivity index (χ3n) is 5.36. The van der Waals surface area contributed by atoms with Crippen LogP contribution in [0.4, 0.5) is 5.82 Å². The Hall–Kier alpha value is -2.73. The van der Waals surface area contributed by atoms with E-state index < -0.39 is 0 Å². The molecule has 7 heteroatoms. The summed E-state index contributed by atoms with van der Waals surface area (Å²) in [6, 6.07) is 7.75. The Morgan fingerprint density at radius 1 is 1.30 bits per heavy atom. The molecular weight excluding hydrogens is 402 g/mol. The number of ether oxygens (including phenoxy) is 2. The van der Waals surface area contributed by atoms with Crippen LogP contribution in [0.25, 0.3) is 6.08 Å². The Bertz CT molecular complexity index is 937. The molecule has 2 aromatic rings. The average molecular weight is 428 g/mol. The predicted octanol–water partition coefficient (Wildman–Crippen LogP) is 3.82. The molecule has 0 spiro atoms. The van der Waals surface area contributed by atoms with Crippen LogP contribution >= 0.6 is 11.6 Å². The van der Waals surface area contributed by atoms with Crippen LogP contribution in [-0.4, -0.2) is 54.7 Å². The van der Waals surface area contributed by atoms with Crippen molar-refractivity contribution in [3.8, 4) is 11.5 Å². The van der Waals surface area contributed by atoms with Gasteiger partial charge in [-0.1, -0.05) is 11.6 Å². The number of carbonyl (C=O) groups excluding carboxylic acids is 1. The fourth-order valence-electron chi connectivity index (χ4n) is 3.84. The molecular formula is C23H26ClN3O3. The predicted molar refractivity (Wildman–Crippen MR) is 118 cm³/mol. The van der Waals surface area contributed by atoms with Crippen LogP contribution in [-0.2, 0) is 11.2 Å². The molecule has 1 amide bonds. The number of benzene rings is 1. The highest BCUT2D eigenvalue weighted by Crippen LogP contribution is 2.35. The molecule has 0 aliphatic carbocycles. The van der Waals surface area contributed by atoms with Gasteiger partial charge in [-0.05, 0) is 44.2 Å². The number of aromatic nitrogens is 1. The van der Waals surface area contributed by atoms with Gasteiger partial charge in [0.15, 0.2) is 0 Å². The van der Waals surface area contributed by atoms with E-state index in [2.05, 4.69) is 16.8 Å². The third-order valence-corrected chi connectivity index (χ3v) is 5.58. The molecule has 1 saturated heterocycles. The molecule has 6 nitrogen and oxygen atoms in total. The Kier molecular flexibility index (Phi) is 6.13. The topological polar surface area (TPSA) is 54.9 Å². The van der Waals surface area contributed by atoms with Crippen LogP contribution in [0.2, 0.25) is 5.02 Å². The molecule has 2 aliphatic heterocycles. The van der Waals surface area contributed by atoms with Gasteiger partial charge in [-0.25, -0.2) is 4.98 Å². The summed E-state index contributed by atoms with van der Waals surface area (Å²) in [5.41, 5.74) is 2.02. The summed E-state index contributed by atoms with van der Waals surface area (Å²) in [6.45, 7) is 7.36. The lowest BCUT2D eigenvalue weighted by Gasteiger charge is -2.34. The number of hydrogen-bond acceptors (Lipinski definition) is 5. The van der Waals surface area contributed by atoms with Gasteiger partial charge in [0.25, 0.3) is 0 Å². The number of pyridine rings is 1. The van der Waals surface area contributed by atoms with E-state index in [0.717, 1.165) is 48.0 Å². The van der Waals surface area contributed by atoms with Crippen molar-refractivity contribution >= 4 is 29.4 Å². The molecule has 1 aromatic carbocycles. The molecule has 0 saturated carbocycles. The van der Waals surface area contributed by atoms with Crippen molar-refractivity contribution in [2.24, 2.45) is 0 Å². The van der Waals surface area contributed by atoms with Gasteiger partial charge in [0.1, 0.15) is 23.4 Å². The van der Waals surface area contributed by atoms with Gasteiger partial charge in [0.05, 0.1) is 11.6 Å². The second-order valence-electron chi connectivity index (χ2n) is 7.54. The largest absolute Gasteiger partial charge is 0.493 e. The lowest BCUT2D eigenvalue weighted by molar-refractivity contribution is -0.126. The molecule has 4 rings (SSSR count). The molecule has 0 bridgehead atoms. The minimum Gasteiger partial charge on any atom is -0.493 e. The first kappa shape index (κ1) is 20.5. The van der Waals surface area contributed by atoms with Gasteiger partial charge in [0, 0.05) is 56.0 Å². The van der Waals surface area contributed by atoms with E-state index in [1.165, 1.54) is 0 Å². The second kappa shape index (κ2) is 8.96. The number of carbonyl (C=O) groups is 1. The standard InChI is InChI=1S/C23H26ClN3O3/c1-3-29-20-14-18-12-16(2)30-21(18)13-17(20)4-7-23(28)27-10-8-26(9-11-27)22-6-5-19(24)15-25-22/h4-7,13-16H,3,8-12H2,1-2H3/b7-4+. The number of rotatable bonds is 5. The molecule has 30 heavy (non-hydrogen) atoms.